The minimum atomic E-state index is -4.79. The van der Waals surface area contributed by atoms with Gasteiger partial charge in [0.1, 0.15) is 17.2 Å². The summed E-state index contributed by atoms with van der Waals surface area (Å²) in [5.41, 5.74) is -1.54. The molecule has 3 aliphatic rings. The number of urea groups is 1. The molecule has 2 aromatic rings. The molecule has 12 heteroatoms. The average molecular weight is 504 g/mol. The Labute approximate surface area is 203 Å². The Hall–Kier alpha value is -3.64. The summed E-state index contributed by atoms with van der Waals surface area (Å²) in [6.45, 7) is 1.80. The summed E-state index contributed by atoms with van der Waals surface area (Å²) in [5, 5.41) is 7.94. The molecule has 0 aromatic heterocycles. The van der Waals surface area contributed by atoms with E-state index in [-0.39, 0.29) is 17.0 Å². The van der Waals surface area contributed by atoms with Crippen LogP contribution < -0.4 is 25.4 Å². The predicted molar refractivity (Wildman–Crippen MR) is 119 cm³/mol. The smallest absolute Gasteiger partial charge is 0.457 e. The second kappa shape index (κ2) is 8.79. The molecule has 3 heterocycles. The monoisotopic (exact) mass is 504 g/mol. The molecule has 3 fully saturated rings. The lowest BCUT2D eigenvalue weighted by atomic mass is 9.74. The van der Waals surface area contributed by atoms with Gasteiger partial charge in [0.15, 0.2) is 0 Å². The number of nitrogens with zero attached hydrogens (tertiary/aromatic N) is 1. The van der Waals surface area contributed by atoms with Crippen molar-refractivity contribution < 1.29 is 37.0 Å². The van der Waals surface area contributed by atoms with E-state index in [0.717, 1.165) is 37.9 Å². The molecule has 0 unspecified atom stereocenters. The summed E-state index contributed by atoms with van der Waals surface area (Å²) in [4.78, 5) is 39.9. The quantitative estimate of drug-likeness (QED) is 0.538. The van der Waals surface area contributed by atoms with Gasteiger partial charge in [-0.05, 0) is 61.3 Å². The van der Waals surface area contributed by atoms with Gasteiger partial charge < -0.3 is 14.8 Å². The van der Waals surface area contributed by atoms with E-state index in [2.05, 4.69) is 20.7 Å². The van der Waals surface area contributed by atoms with E-state index in [1.54, 1.807) is 29.2 Å². The maximum atomic E-state index is 13.2. The number of piperidine rings is 1. The summed E-state index contributed by atoms with van der Waals surface area (Å²) in [6, 6.07) is 10.2. The van der Waals surface area contributed by atoms with E-state index in [0.29, 0.717) is 24.4 Å². The van der Waals surface area contributed by atoms with Crippen molar-refractivity contribution in [3.8, 4) is 17.2 Å². The third-order valence-corrected chi connectivity index (χ3v) is 6.72. The normalized spacial score (nSPS) is 21.4. The molecular formula is C24H23F3N4O5. The van der Waals surface area contributed by atoms with Gasteiger partial charge in [-0.15, -0.1) is 13.2 Å². The number of nitrogens with one attached hydrogen (secondary N) is 3. The van der Waals surface area contributed by atoms with E-state index in [4.69, 9.17) is 4.74 Å². The van der Waals surface area contributed by atoms with Crippen molar-refractivity contribution in [3.05, 3.63) is 54.1 Å². The van der Waals surface area contributed by atoms with Gasteiger partial charge in [-0.1, -0.05) is 18.6 Å². The van der Waals surface area contributed by atoms with Crippen LogP contribution >= 0.6 is 0 Å². The van der Waals surface area contributed by atoms with Crippen LogP contribution in [0.1, 0.15) is 24.8 Å². The second-order valence-corrected chi connectivity index (χ2v) is 9.11. The number of carbonyl (C=O) groups is 3. The van der Waals surface area contributed by atoms with Crippen molar-refractivity contribution in [3.63, 3.8) is 0 Å². The SMILES string of the molecule is O=C1NC(=O)C(c2ccc(Oc3ccc(OC(F)(F)F)cc3)cc2)(N2CC3(CCCCN3)C2)C(=O)N1. The third kappa shape index (κ3) is 4.37. The van der Waals surface area contributed by atoms with Crippen LogP contribution in [0.5, 0.6) is 17.2 Å². The highest BCUT2D eigenvalue weighted by Gasteiger charge is 2.62. The molecule has 2 aromatic carbocycles. The number of amides is 4. The molecule has 0 atom stereocenters. The van der Waals surface area contributed by atoms with Gasteiger partial charge in [0, 0.05) is 18.6 Å². The van der Waals surface area contributed by atoms with Crippen LogP contribution in [-0.2, 0) is 15.1 Å². The van der Waals surface area contributed by atoms with Crippen molar-refractivity contribution in [1.29, 1.82) is 0 Å². The Balaban J connectivity index is 1.37. The Kier molecular flexibility index (Phi) is 5.87. The van der Waals surface area contributed by atoms with Crippen molar-refractivity contribution in [1.82, 2.24) is 20.9 Å². The van der Waals surface area contributed by atoms with Crippen molar-refractivity contribution >= 4 is 17.8 Å². The predicted octanol–water partition coefficient (Wildman–Crippen LogP) is 2.77. The Morgan fingerprint density at radius 1 is 0.806 bits per heavy atom. The van der Waals surface area contributed by atoms with Gasteiger partial charge in [-0.2, -0.15) is 0 Å². The van der Waals surface area contributed by atoms with E-state index in [1.165, 1.54) is 12.1 Å². The molecule has 3 N–H and O–H groups in total. The van der Waals surface area contributed by atoms with Crippen LogP contribution in [-0.4, -0.2) is 54.3 Å². The van der Waals surface area contributed by atoms with E-state index in [1.807, 2.05) is 0 Å². The summed E-state index contributed by atoms with van der Waals surface area (Å²) in [5.74, 6) is -1.23. The fourth-order valence-electron chi connectivity index (χ4n) is 5.08. The second-order valence-electron chi connectivity index (χ2n) is 9.11. The standard InChI is InChI=1S/C24H23F3N4O5/c25-24(26,27)36-18-9-7-17(8-10-18)35-16-5-3-15(4-6-16)23(19(32)29-21(34)30-20(23)33)31-13-22(14-31)11-1-2-12-28-22/h3-10,28H,1-2,11-14H2,(H2,29,30,32,33,34). The molecule has 0 aliphatic carbocycles. The van der Waals surface area contributed by atoms with Crippen LogP contribution in [0.3, 0.4) is 0 Å². The summed E-state index contributed by atoms with van der Waals surface area (Å²) in [7, 11) is 0. The first-order valence-corrected chi connectivity index (χ1v) is 11.4. The van der Waals surface area contributed by atoms with Crippen molar-refractivity contribution in [2.24, 2.45) is 0 Å². The molecule has 0 bridgehead atoms. The van der Waals surface area contributed by atoms with Crippen LogP contribution in [0.15, 0.2) is 48.5 Å². The molecular weight excluding hydrogens is 481 g/mol. The van der Waals surface area contributed by atoms with Gasteiger partial charge in [0.25, 0.3) is 11.8 Å². The summed E-state index contributed by atoms with van der Waals surface area (Å²) < 4.78 is 46.6. The van der Waals surface area contributed by atoms with Crippen LogP contribution in [0.4, 0.5) is 18.0 Å². The number of rotatable bonds is 5. The number of halogens is 3. The first kappa shape index (κ1) is 24.1. The maximum Gasteiger partial charge on any atom is 0.573 e. The molecule has 190 valence electrons. The van der Waals surface area contributed by atoms with Crippen LogP contribution in [0.25, 0.3) is 0 Å². The summed E-state index contributed by atoms with van der Waals surface area (Å²) >= 11 is 0. The minimum absolute atomic E-state index is 0.168. The zero-order valence-electron chi connectivity index (χ0n) is 19.0. The highest BCUT2D eigenvalue weighted by Crippen LogP contribution is 2.41. The van der Waals surface area contributed by atoms with Gasteiger partial charge in [-0.3, -0.25) is 25.1 Å². The first-order valence-electron chi connectivity index (χ1n) is 11.4. The lowest BCUT2D eigenvalue weighted by molar-refractivity contribution is -0.274. The van der Waals surface area contributed by atoms with Gasteiger partial charge in [0.05, 0.1) is 0 Å². The number of likely N-dealkylation sites (tertiary alicyclic amines) is 1. The zero-order chi connectivity index (χ0) is 25.6. The largest absolute Gasteiger partial charge is 0.573 e. The summed E-state index contributed by atoms with van der Waals surface area (Å²) in [6.07, 6.45) is -1.73. The molecule has 3 saturated heterocycles. The Morgan fingerprint density at radius 2 is 1.36 bits per heavy atom. The highest BCUT2D eigenvalue weighted by atomic mass is 19.4. The fraction of sp³-hybridized carbons (Fsp3) is 0.375. The van der Waals surface area contributed by atoms with E-state index in [9.17, 15) is 27.6 Å². The molecule has 1 spiro atoms. The highest BCUT2D eigenvalue weighted by molar-refractivity contribution is 6.22. The van der Waals surface area contributed by atoms with Crippen molar-refractivity contribution in [2.75, 3.05) is 19.6 Å². The molecule has 3 aliphatic heterocycles. The minimum Gasteiger partial charge on any atom is -0.457 e. The molecule has 36 heavy (non-hydrogen) atoms. The first-order chi connectivity index (χ1) is 17.1. The van der Waals surface area contributed by atoms with Gasteiger partial charge >= 0.3 is 12.4 Å². The number of hydrogen-bond acceptors (Lipinski definition) is 7. The Bertz CT molecular complexity index is 1150. The lowest BCUT2D eigenvalue weighted by Crippen LogP contribution is -2.81. The molecule has 0 radical (unpaired) electrons. The Morgan fingerprint density at radius 3 is 1.89 bits per heavy atom. The molecule has 4 amide bonds. The number of ether oxygens (including phenoxy) is 2. The number of hydrogen-bond donors (Lipinski definition) is 3. The van der Waals surface area contributed by atoms with Crippen molar-refractivity contribution in [2.45, 2.75) is 36.7 Å². The zero-order valence-corrected chi connectivity index (χ0v) is 19.0. The molecule has 0 saturated carbocycles. The topological polar surface area (TPSA) is 109 Å². The number of benzene rings is 2. The maximum absolute atomic E-state index is 13.2. The van der Waals surface area contributed by atoms with Gasteiger partial charge in [-0.25, -0.2) is 4.79 Å². The van der Waals surface area contributed by atoms with Crippen LogP contribution in [0, 0.1) is 0 Å². The van der Waals surface area contributed by atoms with E-state index < -0.39 is 29.7 Å². The average Bonchev–Trinajstić information content (AvgIpc) is 2.80. The molecule has 9 nitrogen and oxygen atoms in total. The fourth-order valence-corrected chi connectivity index (χ4v) is 5.08. The lowest BCUT2D eigenvalue weighted by Gasteiger charge is -2.58. The van der Waals surface area contributed by atoms with Crippen LogP contribution in [0.2, 0.25) is 0 Å². The van der Waals surface area contributed by atoms with E-state index >= 15 is 0 Å². The number of carbonyl (C=O) groups excluding carboxylic acids is 3. The third-order valence-electron chi connectivity index (χ3n) is 6.72. The number of alkyl halides is 3. The number of imide groups is 2. The molecule has 5 rings (SSSR count). The number of barbiturate groups is 1. The van der Waals surface area contributed by atoms with Gasteiger partial charge in [0.2, 0.25) is 5.54 Å².